The van der Waals surface area contributed by atoms with Crippen LogP contribution in [0.15, 0.2) is 24.5 Å². The van der Waals surface area contributed by atoms with E-state index < -0.39 is 6.36 Å². The Hall–Kier alpha value is -2.18. The summed E-state index contributed by atoms with van der Waals surface area (Å²) >= 11 is 0. The molecule has 7 heteroatoms. The molecular formula is C20H26F3N3O. The van der Waals surface area contributed by atoms with E-state index in [0.29, 0.717) is 17.0 Å². The molecule has 0 bridgehead atoms. The van der Waals surface area contributed by atoms with E-state index in [1.54, 1.807) is 30.2 Å². The van der Waals surface area contributed by atoms with Gasteiger partial charge in [0.15, 0.2) is 0 Å². The average molecular weight is 381 g/mol. The minimum absolute atomic E-state index is 0.163. The maximum atomic E-state index is 13.0. The Bertz CT molecular complexity index is 785. The number of aryl methyl sites for hydroxylation is 2. The molecule has 0 saturated heterocycles. The Morgan fingerprint density at radius 3 is 2.70 bits per heavy atom. The summed E-state index contributed by atoms with van der Waals surface area (Å²) in [5, 5.41) is 4.09. The van der Waals surface area contributed by atoms with E-state index in [4.69, 9.17) is 0 Å². The number of nitrogens with zero attached hydrogens (tertiary/aromatic N) is 3. The molecule has 0 spiro atoms. The van der Waals surface area contributed by atoms with Gasteiger partial charge in [0.1, 0.15) is 5.75 Å². The third-order valence-corrected chi connectivity index (χ3v) is 4.95. The predicted molar refractivity (Wildman–Crippen MR) is 99.9 cm³/mol. The molecule has 0 radical (unpaired) electrons. The molecule has 1 aromatic carbocycles. The molecule has 1 aliphatic heterocycles. The monoisotopic (exact) mass is 381 g/mol. The molecule has 1 atom stereocenters. The van der Waals surface area contributed by atoms with Crippen molar-refractivity contribution in [2.24, 2.45) is 13.0 Å². The third kappa shape index (κ3) is 4.76. The van der Waals surface area contributed by atoms with E-state index in [2.05, 4.69) is 28.6 Å². The predicted octanol–water partition coefficient (Wildman–Crippen LogP) is 5.17. The molecule has 0 fully saturated rings. The Morgan fingerprint density at radius 1 is 1.30 bits per heavy atom. The van der Waals surface area contributed by atoms with Crippen LogP contribution in [0, 0.1) is 5.92 Å². The number of hydrogen-bond donors (Lipinski definition) is 0. The molecule has 0 aliphatic carbocycles. The summed E-state index contributed by atoms with van der Waals surface area (Å²) in [5.41, 5.74) is 2.98. The normalized spacial score (nSPS) is 15.6. The van der Waals surface area contributed by atoms with Crippen molar-refractivity contribution in [3.63, 3.8) is 0 Å². The van der Waals surface area contributed by atoms with Crippen LogP contribution in [0.5, 0.6) is 5.75 Å². The third-order valence-electron chi connectivity index (χ3n) is 4.95. The van der Waals surface area contributed by atoms with Gasteiger partial charge >= 0.3 is 6.36 Å². The van der Waals surface area contributed by atoms with Crippen LogP contribution in [0.1, 0.15) is 38.7 Å². The van der Waals surface area contributed by atoms with Crippen LogP contribution in [-0.2, 0) is 13.5 Å². The zero-order chi connectivity index (χ0) is 19.6. The fourth-order valence-electron chi connectivity index (χ4n) is 3.83. The summed E-state index contributed by atoms with van der Waals surface area (Å²) in [6.45, 7) is 6.04. The largest absolute Gasteiger partial charge is 0.573 e. The van der Waals surface area contributed by atoms with Gasteiger partial charge < -0.3 is 9.64 Å². The molecule has 27 heavy (non-hydrogen) atoms. The van der Waals surface area contributed by atoms with Crippen LogP contribution in [0.2, 0.25) is 0 Å². The zero-order valence-corrected chi connectivity index (χ0v) is 16.0. The van der Waals surface area contributed by atoms with Crippen molar-refractivity contribution in [2.45, 2.75) is 45.9 Å². The minimum Gasteiger partial charge on any atom is -0.405 e. The Morgan fingerprint density at radius 2 is 2.07 bits per heavy atom. The first-order chi connectivity index (χ1) is 12.8. The number of alkyl halides is 3. The van der Waals surface area contributed by atoms with Gasteiger partial charge in [0.2, 0.25) is 0 Å². The molecular weight excluding hydrogens is 355 g/mol. The first-order valence-corrected chi connectivity index (χ1v) is 9.43. The first-order valence-electron chi connectivity index (χ1n) is 9.43. The highest BCUT2D eigenvalue weighted by Crippen LogP contribution is 2.41. The van der Waals surface area contributed by atoms with Gasteiger partial charge in [0.25, 0.3) is 0 Å². The van der Waals surface area contributed by atoms with Crippen molar-refractivity contribution < 1.29 is 17.9 Å². The molecule has 2 heterocycles. The van der Waals surface area contributed by atoms with Crippen LogP contribution >= 0.6 is 0 Å². The van der Waals surface area contributed by atoms with Gasteiger partial charge in [-0.05, 0) is 36.8 Å². The Kier molecular flexibility index (Phi) is 5.67. The zero-order valence-electron chi connectivity index (χ0n) is 16.0. The first kappa shape index (κ1) is 19.6. The summed E-state index contributed by atoms with van der Waals surface area (Å²) in [6, 6.07) is 3.40. The van der Waals surface area contributed by atoms with E-state index in [1.165, 1.54) is 0 Å². The van der Waals surface area contributed by atoms with Gasteiger partial charge in [0.05, 0.1) is 6.20 Å². The fourth-order valence-corrected chi connectivity index (χ4v) is 3.83. The van der Waals surface area contributed by atoms with Crippen LogP contribution in [0.25, 0.3) is 11.1 Å². The lowest BCUT2D eigenvalue weighted by Crippen LogP contribution is -2.33. The number of anilines is 1. The second-order valence-corrected chi connectivity index (χ2v) is 7.37. The maximum Gasteiger partial charge on any atom is 0.573 e. The topological polar surface area (TPSA) is 30.3 Å². The highest BCUT2D eigenvalue weighted by Gasteiger charge is 2.33. The van der Waals surface area contributed by atoms with Gasteiger partial charge in [-0.1, -0.05) is 20.3 Å². The highest BCUT2D eigenvalue weighted by molar-refractivity contribution is 5.76. The van der Waals surface area contributed by atoms with Crippen molar-refractivity contribution in [1.82, 2.24) is 9.78 Å². The molecule has 148 valence electrons. The van der Waals surface area contributed by atoms with Crippen LogP contribution in [0.3, 0.4) is 0 Å². The lowest BCUT2D eigenvalue weighted by Gasteiger charge is -2.34. The summed E-state index contributed by atoms with van der Waals surface area (Å²) in [5.74, 6) is 0.329. The Labute approximate surface area is 157 Å². The van der Waals surface area contributed by atoms with E-state index >= 15 is 0 Å². The summed E-state index contributed by atoms with van der Waals surface area (Å²) < 4.78 is 45.1. The number of halogens is 3. The molecule has 0 N–H and O–H groups in total. The van der Waals surface area contributed by atoms with Crippen LogP contribution < -0.4 is 9.64 Å². The van der Waals surface area contributed by atoms with Crippen molar-refractivity contribution in [3.8, 4) is 16.9 Å². The number of ether oxygens (including phenoxy) is 1. The van der Waals surface area contributed by atoms with Crippen molar-refractivity contribution in [3.05, 3.63) is 30.1 Å². The van der Waals surface area contributed by atoms with Crippen molar-refractivity contribution in [1.29, 1.82) is 0 Å². The van der Waals surface area contributed by atoms with Gasteiger partial charge in [-0.2, -0.15) is 5.10 Å². The van der Waals surface area contributed by atoms with Gasteiger partial charge in [0, 0.05) is 49.2 Å². The lowest BCUT2D eigenvalue weighted by molar-refractivity contribution is -0.274. The number of aromatic nitrogens is 2. The van der Waals surface area contributed by atoms with Crippen molar-refractivity contribution in [2.75, 3.05) is 18.0 Å². The van der Waals surface area contributed by atoms with Gasteiger partial charge in [-0.15, -0.1) is 13.2 Å². The Balaban J connectivity index is 2.02. The molecule has 1 aliphatic rings. The lowest BCUT2D eigenvalue weighted by atomic mass is 9.95. The van der Waals surface area contributed by atoms with Gasteiger partial charge in [-0.3, -0.25) is 4.68 Å². The van der Waals surface area contributed by atoms with E-state index in [0.717, 1.165) is 50.0 Å². The highest BCUT2D eigenvalue weighted by atomic mass is 19.4. The van der Waals surface area contributed by atoms with Gasteiger partial charge in [-0.25, -0.2) is 0 Å². The second kappa shape index (κ2) is 7.82. The van der Waals surface area contributed by atoms with E-state index in [9.17, 15) is 13.2 Å². The molecule has 2 aromatic rings. The SMILES string of the molecule is CCCC(C)CN1CCCc2cc(-c3cnn(C)c3)c(OC(F)(F)F)cc21. The van der Waals surface area contributed by atoms with Crippen LogP contribution in [-0.4, -0.2) is 29.2 Å². The van der Waals surface area contributed by atoms with Crippen molar-refractivity contribution >= 4 is 5.69 Å². The standard InChI is InChI=1S/C20H26F3N3O/c1-4-6-14(2)12-26-8-5-7-15-9-17(16-11-24-25(3)13-16)19(10-18(15)26)27-20(21,22)23/h9-11,13-14H,4-8,12H2,1-3H3. The summed E-state index contributed by atoms with van der Waals surface area (Å²) in [6.07, 6.45) is 2.59. The molecule has 1 aromatic heterocycles. The van der Waals surface area contributed by atoms with Crippen LogP contribution in [0.4, 0.5) is 18.9 Å². The number of benzene rings is 1. The average Bonchev–Trinajstić information content (AvgIpc) is 3.00. The fraction of sp³-hybridized carbons (Fsp3) is 0.550. The molecule has 0 amide bonds. The summed E-state index contributed by atoms with van der Waals surface area (Å²) in [4.78, 5) is 2.20. The minimum atomic E-state index is -4.74. The quantitative estimate of drug-likeness (QED) is 0.691. The number of fused-ring (bicyclic) bond motifs is 1. The number of hydrogen-bond acceptors (Lipinski definition) is 3. The maximum absolute atomic E-state index is 13.0. The molecule has 3 rings (SSSR count). The summed E-state index contributed by atoms with van der Waals surface area (Å²) in [7, 11) is 1.74. The second-order valence-electron chi connectivity index (χ2n) is 7.37. The molecule has 4 nitrogen and oxygen atoms in total. The molecule has 1 unspecified atom stereocenters. The van der Waals surface area contributed by atoms with E-state index in [-0.39, 0.29) is 5.75 Å². The van der Waals surface area contributed by atoms with E-state index in [1.807, 2.05) is 6.07 Å². The smallest absolute Gasteiger partial charge is 0.405 e. The number of rotatable bonds is 6. The molecule has 0 saturated carbocycles.